The molecule has 0 amide bonds. The molecule has 1 nitrogen and oxygen atoms in total. The molecule has 1 rings (SSSR count). The van der Waals surface area contributed by atoms with Crippen LogP contribution in [0.1, 0.15) is 84.5 Å². The third-order valence-electron chi connectivity index (χ3n) is 4.44. The van der Waals surface area contributed by atoms with E-state index < -0.39 is 0 Å². The average molecular weight is 325 g/mol. The Morgan fingerprint density at radius 3 is 2.41 bits per heavy atom. The van der Waals surface area contributed by atoms with Crippen LogP contribution in [0, 0.1) is 5.92 Å². The van der Waals surface area contributed by atoms with E-state index >= 15 is 0 Å². The fourth-order valence-corrected chi connectivity index (χ4v) is 3.75. The Morgan fingerprint density at radius 1 is 1.05 bits per heavy atom. The van der Waals surface area contributed by atoms with Crippen molar-refractivity contribution in [3.05, 3.63) is 22.8 Å². The number of thioether (sulfide) groups is 1. The lowest BCUT2D eigenvalue weighted by Gasteiger charge is -2.20. The first-order valence-electron chi connectivity index (χ1n) is 9.40. The van der Waals surface area contributed by atoms with Crippen LogP contribution in [0.3, 0.4) is 0 Å². The van der Waals surface area contributed by atoms with Gasteiger partial charge < -0.3 is 4.74 Å². The quantitative estimate of drug-likeness (QED) is 0.228. The Labute approximate surface area is 143 Å². The SMILES string of the molecule is CCCCCCC/C=C(SC)/C(=C/C1CCCCC1)OCC. The standard InChI is InChI=1S/C20H36OS/c1-4-6-7-8-9-13-16-20(22-3)19(21-5-2)17-18-14-11-10-12-15-18/h16-18H,4-15H2,1-3H3/b19-17-,20-16-. The second-order valence-corrected chi connectivity index (χ2v) is 7.19. The maximum absolute atomic E-state index is 5.97. The molecule has 0 aromatic heterocycles. The van der Waals surface area contributed by atoms with Crippen molar-refractivity contribution in [3.8, 4) is 0 Å². The molecule has 0 aromatic rings. The minimum Gasteiger partial charge on any atom is -0.493 e. The van der Waals surface area contributed by atoms with Crippen LogP contribution in [0.25, 0.3) is 0 Å². The molecule has 1 aliphatic rings. The molecule has 128 valence electrons. The summed E-state index contributed by atoms with van der Waals surface area (Å²) in [7, 11) is 0. The van der Waals surface area contributed by atoms with Gasteiger partial charge in [-0.25, -0.2) is 0 Å². The van der Waals surface area contributed by atoms with E-state index in [4.69, 9.17) is 4.74 Å². The molecular weight excluding hydrogens is 288 g/mol. The van der Waals surface area contributed by atoms with Gasteiger partial charge in [0, 0.05) is 4.91 Å². The average Bonchev–Trinajstić information content (AvgIpc) is 2.55. The summed E-state index contributed by atoms with van der Waals surface area (Å²) in [5.74, 6) is 1.88. The topological polar surface area (TPSA) is 9.23 Å². The summed E-state index contributed by atoms with van der Waals surface area (Å²) < 4.78 is 5.97. The van der Waals surface area contributed by atoms with Crippen LogP contribution in [-0.4, -0.2) is 12.9 Å². The summed E-state index contributed by atoms with van der Waals surface area (Å²) in [5.41, 5.74) is 0. The van der Waals surface area contributed by atoms with E-state index in [1.54, 1.807) is 0 Å². The lowest BCUT2D eigenvalue weighted by atomic mass is 9.89. The van der Waals surface area contributed by atoms with Gasteiger partial charge in [0.2, 0.25) is 0 Å². The van der Waals surface area contributed by atoms with E-state index in [9.17, 15) is 0 Å². The zero-order valence-corrected chi connectivity index (χ0v) is 15.9. The maximum Gasteiger partial charge on any atom is 0.128 e. The Hall–Kier alpha value is -0.370. The summed E-state index contributed by atoms with van der Waals surface area (Å²) in [6.07, 6.45) is 21.8. The molecule has 0 radical (unpaired) electrons. The monoisotopic (exact) mass is 324 g/mol. The molecule has 0 spiro atoms. The highest BCUT2D eigenvalue weighted by molar-refractivity contribution is 8.02. The number of allylic oxidation sites excluding steroid dienone is 2. The van der Waals surface area contributed by atoms with Crippen LogP contribution in [0.4, 0.5) is 0 Å². The number of hydrogen-bond acceptors (Lipinski definition) is 2. The van der Waals surface area contributed by atoms with E-state index in [0.717, 1.165) is 18.3 Å². The second-order valence-electron chi connectivity index (χ2n) is 6.34. The van der Waals surface area contributed by atoms with E-state index in [1.807, 2.05) is 11.8 Å². The van der Waals surface area contributed by atoms with Crippen LogP contribution in [0.15, 0.2) is 22.8 Å². The lowest BCUT2D eigenvalue weighted by molar-refractivity contribution is 0.235. The van der Waals surface area contributed by atoms with Crippen LogP contribution in [-0.2, 0) is 4.74 Å². The number of ether oxygens (including phenoxy) is 1. The highest BCUT2D eigenvalue weighted by Gasteiger charge is 2.14. The molecule has 22 heavy (non-hydrogen) atoms. The molecule has 1 aliphatic carbocycles. The zero-order valence-electron chi connectivity index (χ0n) is 15.0. The summed E-state index contributed by atoms with van der Waals surface area (Å²) in [5, 5.41) is 0. The molecule has 2 heteroatoms. The minimum absolute atomic E-state index is 0.732. The first-order valence-corrected chi connectivity index (χ1v) is 10.6. The number of hydrogen-bond donors (Lipinski definition) is 0. The molecule has 0 heterocycles. The van der Waals surface area contributed by atoms with E-state index in [1.165, 1.54) is 75.5 Å². The van der Waals surface area contributed by atoms with Gasteiger partial charge in [0.1, 0.15) is 5.76 Å². The molecule has 0 N–H and O–H groups in total. The number of unbranched alkanes of at least 4 members (excludes halogenated alkanes) is 5. The number of rotatable bonds is 11. The summed E-state index contributed by atoms with van der Waals surface area (Å²) in [6.45, 7) is 5.14. The normalized spacial score (nSPS) is 17.8. The van der Waals surface area contributed by atoms with Gasteiger partial charge in [-0.1, -0.05) is 57.9 Å². The smallest absolute Gasteiger partial charge is 0.128 e. The Balaban J connectivity index is 2.54. The van der Waals surface area contributed by atoms with Gasteiger partial charge in [-0.2, -0.15) is 0 Å². The van der Waals surface area contributed by atoms with Crippen LogP contribution < -0.4 is 0 Å². The van der Waals surface area contributed by atoms with Crippen molar-refractivity contribution < 1.29 is 4.74 Å². The highest BCUT2D eigenvalue weighted by atomic mass is 32.2. The van der Waals surface area contributed by atoms with Crippen molar-refractivity contribution in [1.29, 1.82) is 0 Å². The predicted molar refractivity (Wildman–Crippen MR) is 101 cm³/mol. The Morgan fingerprint density at radius 2 is 1.77 bits per heavy atom. The third-order valence-corrected chi connectivity index (χ3v) is 5.24. The van der Waals surface area contributed by atoms with E-state index in [-0.39, 0.29) is 0 Å². The maximum atomic E-state index is 5.97. The lowest BCUT2D eigenvalue weighted by Crippen LogP contribution is -2.06. The predicted octanol–water partition coefficient (Wildman–Crippen LogP) is 7.09. The Bertz CT molecular complexity index is 327. The van der Waals surface area contributed by atoms with Crippen molar-refractivity contribution in [2.45, 2.75) is 84.5 Å². The van der Waals surface area contributed by atoms with Crippen LogP contribution >= 0.6 is 11.8 Å². The highest BCUT2D eigenvalue weighted by Crippen LogP contribution is 2.30. The summed E-state index contributed by atoms with van der Waals surface area (Å²) in [6, 6.07) is 0. The first-order chi connectivity index (χ1) is 10.8. The molecule has 0 unspecified atom stereocenters. The van der Waals surface area contributed by atoms with Gasteiger partial charge in [0.15, 0.2) is 0 Å². The molecule has 0 saturated heterocycles. The third kappa shape index (κ3) is 8.31. The van der Waals surface area contributed by atoms with Crippen LogP contribution in [0.2, 0.25) is 0 Å². The molecule has 1 saturated carbocycles. The minimum atomic E-state index is 0.732. The molecule has 0 bridgehead atoms. The fourth-order valence-electron chi connectivity index (χ4n) is 3.14. The molecule has 0 aliphatic heterocycles. The van der Waals surface area contributed by atoms with Gasteiger partial charge >= 0.3 is 0 Å². The largest absolute Gasteiger partial charge is 0.493 e. The molecule has 0 atom stereocenters. The zero-order chi connectivity index (χ0) is 16.0. The van der Waals surface area contributed by atoms with Crippen molar-refractivity contribution in [1.82, 2.24) is 0 Å². The summed E-state index contributed by atoms with van der Waals surface area (Å²) >= 11 is 1.84. The fraction of sp³-hybridized carbons (Fsp3) is 0.800. The molecule has 1 fully saturated rings. The van der Waals surface area contributed by atoms with Crippen molar-refractivity contribution in [2.24, 2.45) is 5.92 Å². The van der Waals surface area contributed by atoms with Crippen molar-refractivity contribution in [2.75, 3.05) is 12.9 Å². The van der Waals surface area contributed by atoms with E-state index in [0.29, 0.717) is 0 Å². The van der Waals surface area contributed by atoms with Gasteiger partial charge in [-0.15, -0.1) is 11.8 Å². The van der Waals surface area contributed by atoms with Crippen molar-refractivity contribution >= 4 is 11.8 Å². The van der Waals surface area contributed by atoms with Gasteiger partial charge in [0.05, 0.1) is 6.61 Å². The molecular formula is C20H36OS. The van der Waals surface area contributed by atoms with E-state index in [2.05, 4.69) is 32.3 Å². The van der Waals surface area contributed by atoms with Gasteiger partial charge in [-0.05, 0) is 50.9 Å². The van der Waals surface area contributed by atoms with Crippen molar-refractivity contribution in [3.63, 3.8) is 0 Å². The molecule has 0 aromatic carbocycles. The first kappa shape index (κ1) is 19.7. The second kappa shape index (κ2) is 13.1. The van der Waals surface area contributed by atoms with Gasteiger partial charge in [-0.3, -0.25) is 0 Å². The Kier molecular flexibility index (Phi) is 11.7. The summed E-state index contributed by atoms with van der Waals surface area (Å²) in [4.78, 5) is 1.35. The van der Waals surface area contributed by atoms with Gasteiger partial charge in [0.25, 0.3) is 0 Å². The van der Waals surface area contributed by atoms with Crippen LogP contribution in [0.5, 0.6) is 0 Å².